The molecule has 2 aliphatic heterocycles. The van der Waals surface area contributed by atoms with Crippen molar-refractivity contribution in [1.29, 1.82) is 0 Å². The van der Waals surface area contributed by atoms with E-state index in [0.29, 0.717) is 26.1 Å². The van der Waals surface area contributed by atoms with E-state index in [1.54, 1.807) is 4.90 Å². The lowest BCUT2D eigenvalue weighted by atomic mass is 10.00. The summed E-state index contributed by atoms with van der Waals surface area (Å²) in [5.74, 6) is 0.0935. The molecule has 0 spiro atoms. The van der Waals surface area contributed by atoms with Crippen molar-refractivity contribution in [3.05, 3.63) is 18.2 Å². The summed E-state index contributed by atoms with van der Waals surface area (Å²) >= 11 is 0. The van der Waals surface area contributed by atoms with Gasteiger partial charge in [0.1, 0.15) is 12.4 Å². The third-order valence-corrected chi connectivity index (χ3v) is 4.78. The van der Waals surface area contributed by atoms with Crippen molar-refractivity contribution in [2.45, 2.75) is 30.9 Å². The normalized spacial score (nSPS) is 31.5. The Morgan fingerprint density at radius 2 is 1.80 bits per heavy atom. The molecular weight excluding hydrogens is 341 g/mol. The lowest BCUT2D eigenvalue weighted by Gasteiger charge is -2.38. The molecule has 3 N–H and O–H groups in total. The highest BCUT2D eigenvalue weighted by atomic mass is 19.4. The van der Waals surface area contributed by atoms with Gasteiger partial charge in [0.2, 0.25) is 0 Å². The van der Waals surface area contributed by atoms with Crippen molar-refractivity contribution >= 4 is 5.69 Å². The van der Waals surface area contributed by atoms with Gasteiger partial charge >= 0.3 is 6.18 Å². The summed E-state index contributed by atoms with van der Waals surface area (Å²) in [7, 11) is 0. The first-order chi connectivity index (χ1) is 11.8. The van der Waals surface area contributed by atoms with Crippen molar-refractivity contribution in [3.8, 4) is 0 Å². The van der Waals surface area contributed by atoms with Crippen LogP contribution in [0, 0.1) is 5.92 Å². The Labute approximate surface area is 142 Å². The van der Waals surface area contributed by atoms with Gasteiger partial charge in [-0.15, -0.1) is 0 Å². The Hall–Kier alpha value is -1.49. The van der Waals surface area contributed by atoms with E-state index >= 15 is 0 Å². The summed E-state index contributed by atoms with van der Waals surface area (Å²) in [5, 5.41) is 29.1. The molecular formula is C15H21F3N4O3. The zero-order valence-corrected chi connectivity index (χ0v) is 13.5. The zero-order chi connectivity index (χ0) is 18.2. The van der Waals surface area contributed by atoms with Crippen LogP contribution in [-0.2, 0) is 6.18 Å². The average Bonchev–Trinajstić information content (AvgIpc) is 3.00. The highest BCUT2D eigenvalue weighted by Gasteiger charge is 2.39. The number of aliphatic hydroxyl groups excluding tert-OH is 3. The lowest BCUT2D eigenvalue weighted by molar-refractivity contribution is -0.140. The Bertz CT molecular complexity index is 592. The quantitative estimate of drug-likeness (QED) is 0.681. The number of aliphatic hydroxyl groups is 3. The number of hydrogen-bond acceptors (Lipinski definition) is 7. The highest BCUT2D eigenvalue weighted by Crippen LogP contribution is 2.36. The molecule has 2 aliphatic rings. The van der Waals surface area contributed by atoms with Gasteiger partial charge in [0.15, 0.2) is 5.69 Å². The summed E-state index contributed by atoms with van der Waals surface area (Å²) in [5.41, 5.74) is -0.957. The minimum atomic E-state index is -4.53. The number of aromatic nitrogens is 2. The molecule has 0 bridgehead atoms. The fourth-order valence-electron chi connectivity index (χ4n) is 3.56. The molecule has 0 amide bonds. The number of likely N-dealkylation sites (tertiary alicyclic amines) is 1. The average molecular weight is 362 g/mol. The van der Waals surface area contributed by atoms with Gasteiger partial charge < -0.3 is 20.2 Å². The van der Waals surface area contributed by atoms with Crippen LogP contribution >= 0.6 is 0 Å². The van der Waals surface area contributed by atoms with Crippen LogP contribution in [0.3, 0.4) is 0 Å². The van der Waals surface area contributed by atoms with Gasteiger partial charge in [0.25, 0.3) is 0 Å². The Kier molecular flexibility index (Phi) is 5.14. The van der Waals surface area contributed by atoms with Crippen molar-refractivity contribution < 1.29 is 28.5 Å². The van der Waals surface area contributed by atoms with Crippen LogP contribution in [-0.4, -0.2) is 81.2 Å². The molecule has 2 fully saturated rings. The number of halogens is 3. The molecule has 4 atom stereocenters. The molecule has 1 aromatic heterocycles. The SMILES string of the molecule is OC1[C@H](O)CN(C[C@H]2CCN(c3cncnc3C(F)(F)F)C2)C[C@@H]1O. The lowest BCUT2D eigenvalue weighted by Crippen LogP contribution is -2.56. The third-order valence-electron chi connectivity index (χ3n) is 4.78. The van der Waals surface area contributed by atoms with E-state index in [1.807, 2.05) is 4.90 Å². The third kappa shape index (κ3) is 4.02. The van der Waals surface area contributed by atoms with Crippen molar-refractivity contribution in [2.24, 2.45) is 5.92 Å². The molecule has 140 valence electrons. The second kappa shape index (κ2) is 7.02. The molecule has 0 saturated carbocycles. The smallest absolute Gasteiger partial charge is 0.389 e. The molecule has 3 rings (SSSR count). The molecule has 0 radical (unpaired) electrons. The molecule has 1 unspecified atom stereocenters. The summed E-state index contributed by atoms with van der Waals surface area (Å²) in [6.07, 6.45) is -4.98. The Morgan fingerprint density at radius 1 is 1.12 bits per heavy atom. The maximum absolute atomic E-state index is 13.1. The Morgan fingerprint density at radius 3 is 2.44 bits per heavy atom. The first-order valence-corrected chi connectivity index (χ1v) is 8.14. The van der Waals surface area contributed by atoms with Gasteiger partial charge in [-0.2, -0.15) is 13.2 Å². The van der Waals surface area contributed by atoms with Gasteiger partial charge in [-0.3, -0.25) is 4.90 Å². The fraction of sp³-hybridized carbons (Fsp3) is 0.733. The molecule has 1 aromatic rings. The largest absolute Gasteiger partial charge is 0.435 e. The van der Waals surface area contributed by atoms with E-state index in [4.69, 9.17) is 0 Å². The van der Waals surface area contributed by atoms with Gasteiger partial charge in [0.05, 0.1) is 24.1 Å². The number of nitrogens with zero attached hydrogens (tertiary/aromatic N) is 4. The number of piperidine rings is 1. The number of rotatable bonds is 3. The van der Waals surface area contributed by atoms with Gasteiger partial charge in [-0.05, 0) is 12.3 Å². The van der Waals surface area contributed by atoms with Crippen molar-refractivity contribution in [1.82, 2.24) is 14.9 Å². The Balaban J connectivity index is 1.63. The van der Waals surface area contributed by atoms with Crippen molar-refractivity contribution in [3.63, 3.8) is 0 Å². The van der Waals surface area contributed by atoms with E-state index in [-0.39, 0.29) is 24.7 Å². The fourth-order valence-corrected chi connectivity index (χ4v) is 3.56. The summed E-state index contributed by atoms with van der Waals surface area (Å²) in [4.78, 5) is 10.6. The predicted octanol–water partition coefficient (Wildman–Crippen LogP) is -0.280. The molecule has 0 aromatic carbocycles. The van der Waals surface area contributed by atoms with E-state index in [0.717, 1.165) is 6.33 Å². The predicted molar refractivity (Wildman–Crippen MR) is 81.8 cm³/mol. The first kappa shape index (κ1) is 18.3. The zero-order valence-electron chi connectivity index (χ0n) is 13.5. The van der Waals surface area contributed by atoms with Crippen LogP contribution in [0.2, 0.25) is 0 Å². The number of β-amino-alcohol motifs (C(OH)–C–C–N with tert-alkyl or cyclic N) is 2. The monoisotopic (exact) mass is 362 g/mol. The summed E-state index contributed by atoms with van der Waals surface area (Å²) in [6, 6.07) is 0. The van der Waals surface area contributed by atoms with Crippen LogP contribution in [0.25, 0.3) is 0 Å². The van der Waals surface area contributed by atoms with Crippen LogP contribution in [0.1, 0.15) is 12.1 Å². The number of anilines is 1. The van der Waals surface area contributed by atoms with Crippen LogP contribution < -0.4 is 4.90 Å². The molecule has 10 heteroatoms. The second-order valence-electron chi connectivity index (χ2n) is 6.70. The molecule has 7 nitrogen and oxygen atoms in total. The van der Waals surface area contributed by atoms with Crippen LogP contribution in [0.15, 0.2) is 12.5 Å². The summed E-state index contributed by atoms with van der Waals surface area (Å²) in [6.45, 7) is 1.88. The van der Waals surface area contributed by atoms with E-state index in [1.165, 1.54) is 6.20 Å². The van der Waals surface area contributed by atoms with Gasteiger partial charge in [0, 0.05) is 32.7 Å². The molecule has 25 heavy (non-hydrogen) atoms. The molecule has 0 aliphatic carbocycles. The highest BCUT2D eigenvalue weighted by molar-refractivity contribution is 5.50. The maximum atomic E-state index is 13.1. The minimum absolute atomic E-state index is 0.0216. The number of alkyl halides is 3. The van der Waals surface area contributed by atoms with Gasteiger partial charge in [-0.25, -0.2) is 9.97 Å². The minimum Gasteiger partial charge on any atom is -0.389 e. The molecule has 3 heterocycles. The van der Waals surface area contributed by atoms with Crippen molar-refractivity contribution in [2.75, 3.05) is 37.6 Å². The number of hydrogen-bond donors (Lipinski definition) is 3. The second-order valence-corrected chi connectivity index (χ2v) is 6.70. The van der Waals surface area contributed by atoms with E-state index in [9.17, 15) is 28.5 Å². The summed E-state index contributed by atoms with van der Waals surface area (Å²) < 4.78 is 39.3. The maximum Gasteiger partial charge on any atom is 0.435 e. The molecule has 2 saturated heterocycles. The standard InChI is InChI=1S/C15H21F3N4O3/c16-15(17,18)14-10(3-19-8-20-14)22-2-1-9(5-22)4-21-6-11(23)13(25)12(24)7-21/h3,8-9,11-13,23-25H,1-2,4-7H2/t9-,11-,12+,13?/m1/s1. The van der Waals surface area contributed by atoms with E-state index in [2.05, 4.69) is 9.97 Å². The van der Waals surface area contributed by atoms with Gasteiger partial charge in [-0.1, -0.05) is 0 Å². The van der Waals surface area contributed by atoms with Crippen LogP contribution in [0.5, 0.6) is 0 Å². The topological polar surface area (TPSA) is 93.0 Å². The van der Waals surface area contributed by atoms with Crippen LogP contribution in [0.4, 0.5) is 18.9 Å². The first-order valence-electron chi connectivity index (χ1n) is 8.14. The van der Waals surface area contributed by atoms with E-state index < -0.39 is 30.2 Å².